The van der Waals surface area contributed by atoms with Crippen LogP contribution in [0.1, 0.15) is 12.8 Å². The van der Waals surface area contributed by atoms with Crippen molar-refractivity contribution in [2.45, 2.75) is 25.2 Å². The van der Waals surface area contributed by atoms with E-state index in [0.717, 1.165) is 19.4 Å². The lowest BCUT2D eigenvalue weighted by Gasteiger charge is -2.32. The fourth-order valence-corrected chi connectivity index (χ4v) is 1.46. The van der Waals surface area contributed by atoms with Gasteiger partial charge in [0.05, 0.1) is 12.6 Å². The van der Waals surface area contributed by atoms with Crippen LogP contribution in [0, 0.1) is 0 Å². The number of nitrogens with zero attached hydrogens (tertiary/aromatic N) is 2. The second kappa shape index (κ2) is 6.07. The zero-order valence-electron chi connectivity index (χ0n) is 8.41. The molecule has 0 spiro atoms. The van der Waals surface area contributed by atoms with Crippen molar-refractivity contribution < 1.29 is 9.57 Å². The number of hydrogen-bond acceptors (Lipinski definition) is 5. The van der Waals surface area contributed by atoms with Gasteiger partial charge in [-0.05, 0) is 12.8 Å². The van der Waals surface area contributed by atoms with Crippen LogP contribution in [0.15, 0.2) is 17.4 Å². The maximum atomic E-state index is 5.86. The van der Waals surface area contributed by atoms with Crippen molar-refractivity contribution in [2.75, 3.05) is 13.2 Å². The van der Waals surface area contributed by atoms with Crippen molar-refractivity contribution >= 4 is 18.6 Å². The highest BCUT2D eigenvalue weighted by atomic mass is 35.5. The van der Waals surface area contributed by atoms with E-state index in [2.05, 4.69) is 4.99 Å². The number of halogens is 1. The lowest BCUT2D eigenvalue weighted by molar-refractivity contribution is -0.272. The SMILES string of the molecule is Cl.NC1CCCOC1ON1C=CN=CC1. The molecule has 6 heteroatoms. The van der Waals surface area contributed by atoms with Gasteiger partial charge in [-0.15, -0.1) is 12.4 Å². The van der Waals surface area contributed by atoms with Crippen LogP contribution < -0.4 is 5.73 Å². The van der Waals surface area contributed by atoms with Crippen molar-refractivity contribution in [1.29, 1.82) is 0 Å². The number of ether oxygens (including phenoxy) is 1. The van der Waals surface area contributed by atoms with Crippen LogP contribution in [0.3, 0.4) is 0 Å². The van der Waals surface area contributed by atoms with E-state index in [1.807, 2.05) is 0 Å². The first-order valence-electron chi connectivity index (χ1n) is 4.85. The third-order valence-corrected chi connectivity index (χ3v) is 2.24. The lowest BCUT2D eigenvalue weighted by Crippen LogP contribution is -2.45. The molecule has 0 aromatic heterocycles. The zero-order chi connectivity index (χ0) is 9.80. The Balaban J connectivity index is 0.00000112. The average molecular weight is 234 g/mol. The molecule has 5 nitrogen and oxygen atoms in total. The summed E-state index contributed by atoms with van der Waals surface area (Å²) in [5, 5.41) is 1.68. The van der Waals surface area contributed by atoms with Gasteiger partial charge in [-0.1, -0.05) is 0 Å². The molecule has 2 unspecified atom stereocenters. The van der Waals surface area contributed by atoms with Crippen molar-refractivity contribution in [2.24, 2.45) is 10.7 Å². The summed E-state index contributed by atoms with van der Waals surface area (Å²) in [5.74, 6) is 0. The molecule has 0 bridgehead atoms. The van der Waals surface area contributed by atoms with E-state index >= 15 is 0 Å². The minimum absolute atomic E-state index is 0. The molecule has 2 atom stereocenters. The van der Waals surface area contributed by atoms with Crippen LogP contribution in [0.5, 0.6) is 0 Å². The summed E-state index contributed by atoms with van der Waals surface area (Å²) in [5.41, 5.74) is 5.86. The standard InChI is InChI=1S/C9H15N3O2.ClH/c10-8-2-1-7-13-9(8)14-12-5-3-11-4-6-12;/h3-5,8-9H,1-2,6-7,10H2;1H. The Morgan fingerprint density at radius 3 is 3.07 bits per heavy atom. The Labute approximate surface area is 95.3 Å². The van der Waals surface area contributed by atoms with Gasteiger partial charge in [0.15, 0.2) is 6.29 Å². The van der Waals surface area contributed by atoms with Crippen LogP contribution in [0.4, 0.5) is 0 Å². The number of rotatable bonds is 2. The average Bonchev–Trinajstić information content (AvgIpc) is 2.23. The van der Waals surface area contributed by atoms with E-state index in [-0.39, 0.29) is 24.7 Å². The number of hydrogen-bond donors (Lipinski definition) is 1. The highest BCUT2D eigenvalue weighted by molar-refractivity contribution is 5.85. The third kappa shape index (κ3) is 3.46. The molecule has 2 heterocycles. The summed E-state index contributed by atoms with van der Waals surface area (Å²) < 4.78 is 5.43. The van der Waals surface area contributed by atoms with Gasteiger partial charge in [0.25, 0.3) is 0 Å². The molecule has 0 radical (unpaired) electrons. The van der Waals surface area contributed by atoms with Crippen LogP contribution in [0.2, 0.25) is 0 Å². The van der Waals surface area contributed by atoms with Gasteiger partial charge < -0.3 is 10.5 Å². The van der Waals surface area contributed by atoms with Gasteiger partial charge in [0.2, 0.25) is 0 Å². The topological polar surface area (TPSA) is 60.1 Å². The van der Waals surface area contributed by atoms with Crippen molar-refractivity contribution in [3.8, 4) is 0 Å². The molecule has 1 saturated heterocycles. The van der Waals surface area contributed by atoms with Gasteiger partial charge in [-0.2, -0.15) is 0 Å². The summed E-state index contributed by atoms with van der Waals surface area (Å²) in [7, 11) is 0. The van der Waals surface area contributed by atoms with Gasteiger partial charge in [0.1, 0.15) is 0 Å². The van der Waals surface area contributed by atoms with Gasteiger partial charge in [0, 0.05) is 25.2 Å². The Morgan fingerprint density at radius 2 is 2.40 bits per heavy atom. The van der Waals surface area contributed by atoms with Gasteiger partial charge >= 0.3 is 0 Å². The van der Waals surface area contributed by atoms with E-state index in [1.54, 1.807) is 23.7 Å². The number of hydroxylamine groups is 2. The highest BCUT2D eigenvalue weighted by Gasteiger charge is 2.25. The van der Waals surface area contributed by atoms with E-state index in [1.165, 1.54) is 0 Å². The Bertz CT molecular complexity index is 248. The fourth-order valence-electron chi connectivity index (χ4n) is 1.46. The van der Waals surface area contributed by atoms with Crippen molar-refractivity contribution in [1.82, 2.24) is 5.06 Å². The smallest absolute Gasteiger partial charge is 0.198 e. The van der Waals surface area contributed by atoms with Crippen molar-refractivity contribution in [3.63, 3.8) is 0 Å². The normalized spacial score (nSPS) is 30.1. The van der Waals surface area contributed by atoms with E-state index in [9.17, 15) is 0 Å². The lowest BCUT2D eigenvalue weighted by atomic mass is 10.1. The van der Waals surface area contributed by atoms with Crippen LogP contribution >= 0.6 is 12.4 Å². The molecule has 1 fully saturated rings. The molecule has 0 amide bonds. The minimum atomic E-state index is -0.320. The largest absolute Gasteiger partial charge is 0.349 e. The summed E-state index contributed by atoms with van der Waals surface area (Å²) in [6, 6.07) is -0.0315. The van der Waals surface area contributed by atoms with Crippen molar-refractivity contribution in [3.05, 3.63) is 12.4 Å². The van der Waals surface area contributed by atoms with Gasteiger partial charge in [-0.3, -0.25) is 10.1 Å². The molecule has 2 aliphatic rings. The predicted molar refractivity (Wildman–Crippen MR) is 59.6 cm³/mol. The minimum Gasteiger partial charge on any atom is -0.349 e. The molecule has 2 rings (SSSR count). The fraction of sp³-hybridized carbons (Fsp3) is 0.667. The molecular weight excluding hydrogens is 218 g/mol. The van der Waals surface area contributed by atoms with Gasteiger partial charge in [-0.25, -0.2) is 4.84 Å². The molecule has 0 saturated carbocycles. The van der Waals surface area contributed by atoms with E-state index in [0.29, 0.717) is 6.54 Å². The highest BCUT2D eigenvalue weighted by Crippen LogP contribution is 2.14. The molecule has 2 aliphatic heterocycles. The molecule has 2 N–H and O–H groups in total. The quantitative estimate of drug-likeness (QED) is 0.761. The molecule has 86 valence electrons. The Hall–Kier alpha value is -0.620. The second-order valence-corrected chi connectivity index (χ2v) is 3.38. The summed E-state index contributed by atoms with van der Waals surface area (Å²) >= 11 is 0. The number of aliphatic imine (C=N–C) groups is 1. The van der Waals surface area contributed by atoms with Crippen LogP contribution in [0.25, 0.3) is 0 Å². The van der Waals surface area contributed by atoms with Crippen LogP contribution in [-0.2, 0) is 9.57 Å². The predicted octanol–water partition coefficient (Wildman–Crippen LogP) is 0.661. The summed E-state index contributed by atoms with van der Waals surface area (Å²) in [6.07, 6.45) is 6.87. The Morgan fingerprint density at radius 1 is 1.53 bits per heavy atom. The molecule has 0 aliphatic carbocycles. The molecule has 15 heavy (non-hydrogen) atoms. The maximum Gasteiger partial charge on any atom is 0.198 e. The summed E-state index contributed by atoms with van der Waals surface area (Å²) in [6.45, 7) is 1.37. The Kier molecular flexibility index (Phi) is 5.04. The first-order valence-corrected chi connectivity index (χ1v) is 4.85. The molecular formula is C9H16ClN3O2. The van der Waals surface area contributed by atoms with E-state index < -0.39 is 0 Å². The maximum absolute atomic E-state index is 5.86. The zero-order valence-corrected chi connectivity index (χ0v) is 9.23. The first-order chi connectivity index (χ1) is 6.86. The monoisotopic (exact) mass is 233 g/mol. The first kappa shape index (κ1) is 12.4. The molecule has 0 aromatic rings. The second-order valence-electron chi connectivity index (χ2n) is 3.38. The molecule has 0 aromatic carbocycles. The third-order valence-electron chi connectivity index (χ3n) is 2.24. The van der Waals surface area contributed by atoms with Crippen LogP contribution in [-0.4, -0.2) is 36.8 Å². The number of nitrogens with two attached hydrogens (primary N) is 1. The van der Waals surface area contributed by atoms with E-state index in [4.69, 9.17) is 15.3 Å². The summed E-state index contributed by atoms with van der Waals surface area (Å²) in [4.78, 5) is 9.49.